The minimum Gasteiger partial charge on any atom is -0.415 e. The van der Waals surface area contributed by atoms with Crippen LogP contribution in [0.2, 0.25) is 0 Å². The minimum absolute atomic E-state index is 0.0194. The summed E-state index contributed by atoms with van der Waals surface area (Å²) in [4.78, 5) is 12.2. The van der Waals surface area contributed by atoms with Gasteiger partial charge in [0.05, 0.1) is 17.0 Å². The molecule has 0 radical (unpaired) electrons. The molecule has 4 bridgehead atoms. The molecule has 2 aromatic rings. The van der Waals surface area contributed by atoms with Gasteiger partial charge in [-0.05, 0) is 68.4 Å². The third kappa shape index (κ3) is 3.72. The number of thioether (sulfide) groups is 1. The zero-order valence-electron chi connectivity index (χ0n) is 16.2. The van der Waals surface area contributed by atoms with Gasteiger partial charge in [-0.2, -0.15) is 13.2 Å². The van der Waals surface area contributed by atoms with E-state index in [9.17, 15) is 18.0 Å². The number of carbonyl (C=O) groups excluding carboxylic acids is 1. The number of nitrogens with zero attached hydrogens (tertiary/aromatic N) is 2. The molecule has 1 aromatic carbocycles. The lowest BCUT2D eigenvalue weighted by molar-refractivity contribution is -0.137. The Balaban J connectivity index is 1.23. The molecule has 160 valence electrons. The molecule has 0 saturated heterocycles. The fourth-order valence-electron chi connectivity index (χ4n) is 6.01. The summed E-state index contributed by atoms with van der Waals surface area (Å²) in [6, 6.07) is 4.92. The maximum Gasteiger partial charge on any atom is 0.418 e. The van der Waals surface area contributed by atoms with Crippen molar-refractivity contribution in [2.24, 2.45) is 17.8 Å². The van der Waals surface area contributed by atoms with Crippen molar-refractivity contribution in [1.82, 2.24) is 10.2 Å². The van der Waals surface area contributed by atoms with Crippen LogP contribution in [-0.2, 0) is 16.4 Å². The van der Waals surface area contributed by atoms with E-state index in [0.29, 0.717) is 11.1 Å². The largest absolute Gasteiger partial charge is 0.418 e. The molecule has 1 aromatic heterocycles. The Hall–Kier alpha value is -2.03. The summed E-state index contributed by atoms with van der Waals surface area (Å²) in [7, 11) is 0. The SMILES string of the molecule is O=C(CSc1nnc(C23CC4CC(CC(C4)C2)C3)o1)Nc1ccccc1C(F)(F)F. The van der Waals surface area contributed by atoms with Gasteiger partial charge >= 0.3 is 6.18 Å². The Morgan fingerprint density at radius 2 is 1.73 bits per heavy atom. The molecule has 4 aliphatic rings. The standard InChI is InChI=1S/C21H22F3N3O2S/c22-21(23,24)15-3-1-2-4-16(15)25-17(28)11-30-19-27-26-18(29-19)20-8-12-5-13(9-20)7-14(6-12)10-20/h1-4,12-14H,5-11H2,(H,25,28). The number of aromatic nitrogens is 2. The molecule has 1 N–H and O–H groups in total. The lowest BCUT2D eigenvalue weighted by Gasteiger charge is -2.55. The molecule has 1 amide bonds. The van der Waals surface area contributed by atoms with Crippen LogP contribution in [0, 0.1) is 17.8 Å². The molecule has 4 saturated carbocycles. The van der Waals surface area contributed by atoms with Crippen LogP contribution in [0.1, 0.15) is 50.0 Å². The summed E-state index contributed by atoms with van der Waals surface area (Å²) in [6.45, 7) is 0. The molecule has 0 spiro atoms. The summed E-state index contributed by atoms with van der Waals surface area (Å²) in [5.41, 5.74) is -1.14. The lowest BCUT2D eigenvalue weighted by atomic mass is 9.49. The van der Waals surface area contributed by atoms with E-state index in [0.717, 1.165) is 54.8 Å². The second kappa shape index (κ2) is 7.28. The van der Waals surface area contributed by atoms with Crippen LogP contribution in [0.5, 0.6) is 0 Å². The number of alkyl halides is 3. The molecule has 4 aliphatic carbocycles. The average Bonchev–Trinajstić information content (AvgIpc) is 3.15. The number of hydrogen-bond donors (Lipinski definition) is 1. The first-order chi connectivity index (χ1) is 14.3. The molecule has 9 heteroatoms. The van der Waals surface area contributed by atoms with Gasteiger partial charge in [-0.15, -0.1) is 10.2 Å². The third-order valence-corrected chi connectivity index (χ3v) is 7.55. The quantitative estimate of drug-likeness (QED) is 0.644. The van der Waals surface area contributed by atoms with E-state index in [-0.39, 0.29) is 16.9 Å². The van der Waals surface area contributed by atoms with Gasteiger partial charge in [-0.25, -0.2) is 0 Å². The van der Waals surface area contributed by atoms with Crippen molar-refractivity contribution >= 4 is 23.4 Å². The Morgan fingerprint density at radius 1 is 1.10 bits per heavy atom. The van der Waals surface area contributed by atoms with E-state index in [1.54, 1.807) is 0 Å². The molecule has 0 unspecified atom stereocenters. The van der Waals surface area contributed by atoms with Crippen LogP contribution in [0.3, 0.4) is 0 Å². The third-order valence-electron chi connectivity index (χ3n) is 6.73. The van der Waals surface area contributed by atoms with Crippen LogP contribution in [0.15, 0.2) is 33.9 Å². The van der Waals surface area contributed by atoms with Gasteiger partial charge in [0.1, 0.15) is 0 Å². The molecule has 0 aliphatic heterocycles. The van der Waals surface area contributed by atoms with Gasteiger partial charge in [0.15, 0.2) is 0 Å². The Labute approximate surface area is 176 Å². The molecule has 4 fully saturated rings. The predicted molar refractivity (Wildman–Crippen MR) is 105 cm³/mol. The summed E-state index contributed by atoms with van der Waals surface area (Å²) in [5.74, 6) is 2.27. The Morgan fingerprint density at radius 3 is 2.37 bits per heavy atom. The van der Waals surface area contributed by atoms with Gasteiger partial charge in [0.25, 0.3) is 5.22 Å². The number of carbonyl (C=O) groups is 1. The van der Waals surface area contributed by atoms with Crippen molar-refractivity contribution < 1.29 is 22.4 Å². The summed E-state index contributed by atoms with van der Waals surface area (Å²) in [5, 5.41) is 11.0. The maximum atomic E-state index is 13.1. The smallest absolute Gasteiger partial charge is 0.415 e. The highest BCUT2D eigenvalue weighted by molar-refractivity contribution is 7.99. The van der Waals surface area contributed by atoms with Crippen molar-refractivity contribution in [2.45, 2.75) is 55.3 Å². The first-order valence-corrected chi connectivity index (χ1v) is 11.2. The Kier molecular flexibility index (Phi) is 4.83. The van der Waals surface area contributed by atoms with Gasteiger partial charge < -0.3 is 9.73 Å². The molecule has 30 heavy (non-hydrogen) atoms. The number of para-hydroxylation sites is 1. The molecule has 5 nitrogen and oxygen atoms in total. The number of hydrogen-bond acceptors (Lipinski definition) is 5. The van der Waals surface area contributed by atoms with Gasteiger partial charge in [-0.3, -0.25) is 4.79 Å². The second-order valence-corrected chi connectivity index (χ2v) is 9.88. The molecule has 0 atom stereocenters. The number of amides is 1. The van der Waals surface area contributed by atoms with E-state index >= 15 is 0 Å². The van der Waals surface area contributed by atoms with Crippen molar-refractivity contribution in [1.29, 1.82) is 0 Å². The van der Waals surface area contributed by atoms with Gasteiger partial charge in [-0.1, -0.05) is 23.9 Å². The van der Waals surface area contributed by atoms with Crippen LogP contribution in [-0.4, -0.2) is 21.9 Å². The van der Waals surface area contributed by atoms with E-state index < -0.39 is 17.6 Å². The number of benzene rings is 1. The normalized spacial score (nSPS) is 29.9. The van der Waals surface area contributed by atoms with Gasteiger partial charge in [0.2, 0.25) is 11.8 Å². The van der Waals surface area contributed by atoms with Crippen LogP contribution in [0.25, 0.3) is 0 Å². The van der Waals surface area contributed by atoms with E-state index in [4.69, 9.17) is 4.42 Å². The molecule has 1 heterocycles. The van der Waals surface area contributed by atoms with Crippen LogP contribution < -0.4 is 5.32 Å². The van der Waals surface area contributed by atoms with E-state index in [1.807, 2.05) is 0 Å². The summed E-state index contributed by atoms with van der Waals surface area (Å²) >= 11 is 1.05. The first-order valence-electron chi connectivity index (χ1n) is 10.2. The topological polar surface area (TPSA) is 68.0 Å². The molecule has 6 rings (SSSR count). The maximum absolute atomic E-state index is 13.1. The summed E-state index contributed by atoms with van der Waals surface area (Å²) < 4.78 is 45.1. The minimum atomic E-state index is -4.53. The molecular weight excluding hydrogens is 415 g/mol. The lowest BCUT2D eigenvalue weighted by Crippen LogP contribution is -2.48. The van der Waals surface area contributed by atoms with Gasteiger partial charge in [0, 0.05) is 5.41 Å². The van der Waals surface area contributed by atoms with Crippen LogP contribution >= 0.6 is 11.8 Å². The van der Waals surface area contributed by atoms with Crippen molar-refractivity contribution in [3.63, 3.8) is 0 Å². The van der Waals surface area contributed by atoms with Crippen molar-refractivity contribution in [3.8, 4) is 0 Å². The van der Waals surface area contributed by atoms with E-state index in [2.05, 4.69) is 15.5 Å². The highest BCUT2D eigenvalue weighted by Gasteiger charge is 2.54. The zero-order chi connectivity index (χ0) is 20.9. The highest BCUT2D eigenvalue weighted by Crippen LogP contribution is 2.60. The number of anilines is 1. The molecular formula is C21H22F3N3O2S. The average molecular weight is 437 g/mol. The first kappa shape index (κ1) is 19.9. The van der Waals surface area contributed by atoms with Crippen molar-refractivity contribution in [3.05, 3.63) is 35.7 Å². The fourth-order valence-corrected chi connectivity index (χ4v) is 6.57. The second-order valence-electron chi connectivity index (χ2n) is 8.95. The number of rotatable bonds is 5. The number of nitrogens with one attached hydrogen (secondary N) is 1. The zero-order valence-corrected chi connectivity index (χ0v) is 17.1. The van der Waals surface area contributed by atoms with Crippen molar-refractivity contribution in [2.75, 3.05) is 11.1 Å². The monoisotopic (exact) mass is 437 g/mol. The predicted octanol–water partition coefficient (Wildman–Crippen LogP) is 5.29. The highest BCUT2D eigenvalue weighted by atomic mass is 32.2. The van der Waals surface area contributed by atoms with Crippen LogP contribution in [0.4, 0.5) is 18.9 Å². The summed E-state index contributed by atoms with van der Waals surface area (Å²) in [6.07, 6.45) is 2.70. The number of halogens is 3. The Bertz CT molecular complexity index is 924. The fraction of sp³-hybridized carbons (Fsp3) is 0.571. The van der Waals surface area contributed by atoms with E-state index in [1.165, 1.54) is 37.5 Å².